The topological polar surface area (TPSA) is 66.5 Å². The lowest BCUT2D eigenvalue weighted by Gasteiger charge is -2.26. The van der Waals surface area contributed by atoms with Crippen molar-refractivity contribution in [2.24, 2.45) is 0 Å². The van der Waals surface area contributed by atoms with Crippen molar-refractivity contribution in [3.8, 4) is 0 Å². The fourth-order valence-electron chi connectivity index (χ4n) is 3.26. The maximum Gasteiger partial charge on any atom is 0.232 e. The molecule has 0 bridgehead atoms. The molecule has 27 heavy (non-hydrogen) atoms. The summed E-state index contributed by atoms with van der Waals surface area (Å²) in [6.45, 7) is 8.25. The van der Waals surface area contributed by atoms with Gasteiger partial charge in [-0.2, -0.15) is 0 Å². The summed E-state index contributed by atoms with van der Waals surface area (Å²) in [5, 5.41) is 2.82. The molecule has 0 spiro atoms. The minimum Gasteiger partial charge on any atom is -0.354 e. The molecule has 2 aromatic rings. The van der Waals surface area contributed by atoms with Crippen LogP contribution in [0.1, 0.15) is 27.8 Å². The summed E-state index contributed by atoms with van der Waals surface area (Å²) in [7, 11) is -3.46. The van der Waals surface area contributed by atoms with Gasteiger partial charge in [-0.25, -0.2) is 8.42 Å². The number of rotatable bonds is 7. The molecule has 1 N–H and O–H groups in total. The molecule has 0 aliphatic heterocycles. The molecule has 0 fully saturated rings. The van der Waals surface area contributed by atoms with Gasteiger partial charge in [-0.3, -0.25) is 9.10 Å². The molecular weight excluding hydrogens is 360 g/mol. The van der Waals surface area contributed by atoms with Crippen LogP contribution in [-0.2, 0) is 21.2 Å². The Hall–Kier alpha value is -2.34. The lowest BCUT2D eigenvalue weighted by molar-refractivity contribution is -0.120. The van der Waals surface area contributed by atoms with E-state index in [0.29, 0.717) is 5.69 Å². The van der Waals surface area contributed by atoms with Gasteiger partial charge in [0.1, 0.15) is 0 Å². The molecule has 2 rings (SSSR count). The first-order valence-corrected chi connectivity index (χ1v) is 10.8. The fraction of sp³-hybridized carbons (Fsp3) is 0.381. The standard InChI is InChI=1S/C21H28N2O3S/c1-15-6-8-19(9-7-15)14-20(24)22-10-11-23(27(5,25)26)21-17(3)12-16(2)13-18(21)4/h6-9,12-13H,10-11,14H2,1-5H3,(H,22,24). The Balaban J connectivity index is 2.06. The first-order chi connectivity index (χ1) is 12.6. The minimum absolute atomic E-state index is 0.121. The molecule has 0 radical (unpaired) electrons. The van der Waals surface area contributed by atoms with E-state index in [2.05, 4.69) is 5.32 Å². The molecule has 0 aliphatic carbocycles. The van der Waals surface area contributed by atoms with E-state index in [1.54, 1.807) is 0 Å². The molecule has 0 atom stereocenters. The van der Waals surface area contributed by atoms with Crippen molar-refractivity contribution < 1.29 is 13.2 Å². The predicted octanol–water partition coefficient (Wildman–Crippen LogP) is 3.05. The highest BCUT2D eigenvalue weighted by Crippen LogP contribution is 2.27. The lowest BCUT2D eigenvalue weighted by Crippen LogP contribution is -2.39. The third-order valence-corrected chi connectivity index (χ3v) is 5.57. The van der Waals surface area contributed by atoms with Crippen LogP contribution in [0.3, 0.4) is 0 Å². The van der Waals surface area contributed by atoms with Crippen LogP contribution in [-0.4, -0.2) is 33.7 Å². The van der Waals surface area contributed by atoms with Gasteiger partial charge >= 0.3 is 0 Å². The van der Waals surface area contributed by atoms with Gasteiger partial charge in [0, 0.05) is 6.54 Å². The molecule has 1 amide bonds. The average Bonchev–Trinajstić information content (AvgIpc) is 2.53. The Bertz CT molecular complexity index is 896. The molecule has 146 valence electrons. The van der Waals surface area contributed by atoms with Crippen LogP contribution < -0.4 is 9.62 Å². The van der Waals surface area contributed by atoms with Gasteiger partial charge in [-0.05, 0) is 44.4 Å². The molecule has 5 nitrogen and oxygen atoms in total. The normalized spacial score (nSPS) is 11.3. The number of amides is 1. The van der Waals surface area contributed by atoms with Crippen molar-refractivity contribution in [2.75, 3.05) is 23.7 Å². The molecule has 6 heteroatoms. The van der Waals surface area contributed by atoms with Gasteiger partial charge in [0.2, 0.25) is 15.9 Å². The molecule has 0 aliphatic rings. The zero-order chi connectivity index (χ0) is 20.2. The van der Waals surface area contributed by atoms with Gasteiger partial charge in [0.25, 0.3) is 0 Å². The smallest absolute Gasteiger partial charge is 0.232 e. The second-order valence-corrected chi connectivity index (χ2v) is 9.00. The maximum absolute atomic E-state index is 12.3. The summed E-state index contributed by atoms with van der Waals surface area (Å²) in [6, 6.07) is 11.7. The summed E-state index contributed by atoms with van der Waals surface area (Å²) in [6.07, 6.45) is 1.47. The van der Waals surface area contributed by atoms with Crippen LogP contribution in [0.15, 0.2) is 36.4 Å². The van der Waals surface area contributed by atoms with Crippen LogP contribution in [0.2, 0.25) is 0 Å². The number of aryl methyl sites for hydroxylation is 4. The lowest BCUT2D eigenvalue weighted by atomic mass is 10.1. The third kappa shape index (κ3) is 5.82. The predicted molar refractivity (Wildman–Crippen MR) is 111 cm³/mol. The maximum atomic E-state index is 12.3. The van der Waals surface area contributed by atoms with E-state index in [4.69, 9.17) is 0 Å². The summed E-state index contributed by atoms with van der Waals surface area (Å²) in [4.78, 5) is 12.2. The van der Waals surface area contributed by atoms with Crippen LogP contribution in [0.25, 0.3) is 0 Å². The number of benzene rings is 2. The molecular formula is C21H28N2O3S. The summed E-state index contributed by atoms with van der Waals surface area (Å²) < 4.78 is 26.0. The van der Waals surface area contributed by atoms with Gasteiger partial charge in [-0.15, -0.1) is 0 Å². The second-order valence-electron chi connectivity index (χ2n) is 7.09. The van der Waals surface area contributed by atoms with Crippen molar-refractivity contribution in [3.63, 3.8) is 0 Å². The van der Waals surface area contributed by atoms with Crippen molar-refractivity contribution in [2.45, 2.75) is 34.1 Å². The third-order valence-electron chi connectivity index (χ3n) is 4.41. The van der Waals surface area contributed by atoms with Gasteiger partial charge in [0.05, 0.1) is 24.9 Å². The highest BCUT2D eigenvalue weighted by molar-refractivity contribution is 7.92. The summed E-state index contributed by atoms with van der Waals surface area (Å²) in [5.41, 5.74) is 5.67. The molecule has 0 aromatic heterocycles. The Labute approximate surface area is 162 Å². The van der Waals surface area contributed by atoms with Crippen LogP contribution in [0.5, 0.6) is 0 Å². The van der Waals surface area contributed by atoms with Gasteiger partial charge in [0.15, 0.2) is 0 Å². The Morgan fingerprint density at radius 1 is 0.963 bits per heavy atom. The Morgan fingerprint density at radius 3 is 2.04 bits per heavy atom. The van der Waals surface area contributed by atoms with E-state index < -0.39 is 10.0 Å². The highest BCUT2D eigenvalue weighted by Gasteiger charge is 2.21. The first-order valence-electron chi connectivity index (χ1n) is 8.95. The number of nitrogens with zero attached hydrogens (tertiary/aromatic N) is 1. The largest absolute Gasteiger partial charge is 0.354 e. The van der Waals surface area contributed by atoms with Crippen LogP contribution in [0.4, 0.5) is 5.69 Å². The highest BCUT2D eigenvalue weighted by atomic mass is 32.2. The summed E-state index contributed by atoms with van der Waals surface area (Å²) >= 11 is 0. The average molecular weight is 389 g/mol. The van der Waals surface area contributed by atoms with Crippen LogP contribution in [0, 0.1) is 27.7 Å². The van der Waals surface area contributed by atoms with E-state index in [1.165, 1.54) is 10.6 Å². The quantitative estimate of drug-likeness (QED) is 0.793. The van der Waals surface area contributed by atoms with E-state index in [0.717, 1.165) is 27.8 Å². The number of hydrogen-bond acceptors (Lipinski definition) is 3. The van der Waals surface area contributed by atoms with E-state index >= 15 is 0 Å². The van der Waals surface area contributed by atoms with Gasteiger partial charge in [-0.1, -0.05) is 47.5 Å². The van der Waals surface area contributed by atoms with Crippen molar-refractivity contribution in [1.29, 1.82) is 0 Å². The van der Waals surface area contributed by atoms with E-state index in [1.807, 2.05) is 64.1 Å². The molecule has 0 saturated carbocycles. The zero-order valence-electron chi connectivity index (χ0n) is 16.7. The number of carbonyl (C=O) groups excluding carboxylic acids is 1. The van der Waals surface area contributed by atoms with Crippen molar-refractivity contribution in [3.05, 3.63) is 64.2 Å². The van der Waals surface area contributed by atoms with Crippen molar-refractivity contribution in [1.82, 2.24) is 5.32 Å². The van der Waals surface area contributed by atoms with Crippen molar-refractivity contribution >= 4 is 21.6 Å². The Morgan fingerprint density at radius 2 is 1.52 bits per heavy atom. The minimum atomic E-state index is -3.46. The SMILES string of the molecule is Cc1ccc(CC(=O)NCCN(c2c(C)cc(C)cc2C)S(C)(=O)=O)cc1. The molecule has 2 aromatic carbocycles. The monoisotopic (exact) mass is 388 g/mol. The summed E-state index contributed by atoms with van der Waals surface area (Å²) in [5.74, 6) is -0.121. The first kappa shape index (κ1) is 21.0. The number of carbonyl (C=O) groups is 1. The zero-order valence-corrected chi connectivity index (χ0v) is 17.5. The van der Waals surface area contributed by atoms with Crippen LogP contribution >= 0.6 is 0 Å². The van der Waals surface area contributed by atoms with Gasteiger partial charge < -0.3 is 5.32 Å². The number of nitrogens with one attached hydrogen (secondary N) is 1. The molecule has 0 heterocycles. The second kappa shape index (κ2) is 8.57. The number of anilines is 1. The molecule has 0 saturated heterocycles. The van der Waals surface area contributed by atoms with E-state index in [-0.39, 0.29) is 25.4 Å². The molecule has 0 unspecified atom stereocenters. The number of sulfonamides is 1. The number of hydrogen-bond donors (Lipinski definition) is 1. The fourth-order valence-corrected chi connectivity index (χ4v) is 4.30. The van der Waals surface area contributed by atoms with E-state index in [9.17, 15) is 13.2 Å². The Kier molecular flexibility index (Phi) is 6.65.